The van der Waals surface area contributed by atoms with Crippen molar-refractivity contribution >= 4 is 50.9 Å². The summed E-state index contributed by atoms with van der Waals surface area (Å²) in [6.45, 7) is 4.97. The van der Waals surface area contributed by atoms with Gasteiger partial charge in [0.15, 0.2) is 0 Å². The summed E-state index contributed by atoms with van der Waals surface area (Å²) in [6.07, 6.45) is -0.00869. The molecule has 2 aromatic carbocycles. The van der Waals surface area contributed by atoms with Gasteiger partial charge in [-0.2, -0.15) is 0 Å². The zero-order valence-electron chi connectivity index (χ0n) is 19.6. The second kappa shape index (κ2) is 11.0. The Morgan fingerprint density at radius 1 is 1.06 bits per heavy atom. The lowest BCUT2D eigenvalue weighted by molar-refractivity contribution is -0.141. The number of fused-ring (bicyclic) bond motifs is 1. The molecular weight excluding hydrogens is 513 g/mol. The molecule has 0 spiro atoms. The summed E-state index contributed by atoms with van der Waals surface area (Å²) < 4.78 is 26.4. The molecule has 0 aromatic heterocycles. The van der Waals surface area contributed by atoms with E-state index in [9.17, 15) is 22.8 Å². The van der Waals surface area contributed by atoms with Crippen molar-refractivity contribution in [1.82, 2.24) is 14.5 Å². The maximum absolute atomic E-state index is 13.4. The van der Waals surface area contributed by atoms with Crippen molar-refractivity contribution in [2.45, 2.75) is 57.1 Å². The summed E-state index contributed by atoms with van der Waals surface area (Å²) >= 11 is 12.6. The molecule has 0 saturated carbocycles. The minimum Gasteiger partial charge on any atom is -0.352 e. The number of carbonyl (C=O) groups is 3. The Morgan fingerprint density at radius 2 is 1.69 bits per heavy atom. The number of sulfonamides is 1. The Bertz CT molecular complexity index is 1230. The molecule has 1 N–H and O–H groups in total. The highest BCUT2D eigenvalue weighted by Gasteiger charge is 2.41. The van der Waals surface area contributed by atoms with E-state index >= 15 is 0 Å². The number of benzene rings is 2. The van der Waals surface area contributed by atoms with Crippen molar-refractivity contribution in [2.75, 3.05) is 6.54 Å². The molecule has 11 heteroatoms. The van der Waals surface area contributed by atoms with Gasteiger partial charge >= 0.3 is 0 Å². The predicted molar refractivity (Wildman–Crippen MR) is 134 cm³/mol. The SMILES string of the molecule is CCC(C(=O)NC(C)C)N(Cc1c(Cl)cccc1Cl)C(=O)CCN1C(=O)c2ccccc2S1(=O)=O. The average Bonchev–Trinajstić information content (AvgIpc) is 2.98. The Hall–Kier alpha value is -2.62. The fraction of sp³-hybridized carbons (Fsp3) is 0.375. The average molecular weight is 540 g/mol. The summed E-state index contributed by atoms with van der Waals surface area (Å²) in [6, 6.07) is 9.85. The van der Waals surface area contributed by atoms with Crippen molar-refractivity contribution in [1.29, 1.82) is 0 Å². The van der Waals surface area contributed by atoms with Crippen molar-refractivity contribution in [3.05, 3.63) is 63.6 Å². The molecule has 8 nitrogen and oxygen atoms in total. The fourth-order valence-corrected chi connectivity index (χ4v) is 6.03. The molecule has 1 unspecified atom stereocenters. The standard InChI is InChI=1S/C24H27Cl2N3O5S/c1-4-20(23(31)27-15(2)3)28(14-17-18(25)9-7-10-19(17)26)22(30)12-13-29-24(32)16-8-5-6-11-21(16)35(29,33)34/h5-11,15,20H,4,12-14H2,1-3H3,(H,27,31). The van der Waals surface area contributed by atoms with Crippen molar-refractivity contribution in [3.63, 3.8) is 0 Å². The number of halogens is 2. The minimum absolute atomic E-state index is 0.0533. The van der Waals surface area contributed by atoms with E-state index in [4.69, 9.17) is 23.2 Å². The van der Waals surface area contributed by atoms with Gasteiger partial charge < -0.3 is 10.2 Å². The molecule has 0 fully saturated rings. The number of carbonyl (C=O) groups excluding carboxylic acids is 3. The summed E-state index contributed by atoms with van der Waals surface area (Å²) in [7, 11) is -4.06. The quantitative estimate of drug-likeness (QED) is 0.520. The number of hydrogen-bond acceptors (Lipinski definition) is 5. The van der Waals surface area contributed by atoms with Crippen LogP contribution in [-0.4, -0.2) is 54.0 Å². The maximum Gasteiger partial charge on any atom is 0.269 e. The Morgan fingerprint density at radius 3 is 2.26 bits per heavy atom. The van der Waals surface area contributed by atoms with Crippen LogP contribution in [0.2, 0.25) is 10.0 Å². The third-order valence-electron chi connectivity index (χ3n) is 5.65. The molecule has 3 rings (SSSR count). The van der Waals surface area contributed by atoms with Crippen LogP contribution in [0.15, 0.2) is 47.4 Å². The van der Waals surface area contributed by atoms with Gasteiger partial charge in [0.2, 0.25) is 11.8 Å². The molecule has 1 aliphatic heterocycles. The maximum atomic E-state index is 13.4. The largest absolute Gasteiger partial charge is 0.352 e. The normalized spacial score (nSPS) is 15.1. The predicted octanol–water partition coefficient (Wildman–Crippen LogP) is 3.86. The van der Waals surface area contributed by atoms with Gasteiger partial charge in [-0.05, 0) is 44.5 Å². The van der Waals surface area contributed by atoms with Crippen molar-refractivity contribution in [3.8, 4) is 0 Å². The lowest BCUT2D eigenvalue weighted by atomic mass is 10.1. The van der Waals surface area contributed by atoms with Crippen LogP contribution in [0.3, 0.4) is 0 Å². The second-order valence-electron chi connectivity index (χ2n) is 8.44. The van der Waals surface area contributed by atoms with Gasteiger partial charge in [-0.15, -0.1) is 0 Å². The smallest absolute Gasteiger partial charge is 0.269 e. The third kappa shape index (κ3) is 5.63. The fourth-order valence-electron chi connectivity index (χ4n) is 3.95. The number of rotatable bonds is 9. The first-order valence-corrected chi connectivity index (χ1v) is 13.4. The van der Waals surface area contributed by atoms with E-state index in [1.54, 1.807) is 31.2 Å². The van der Waals surface area contributed by atoms with Crippen LogP contribution < -0.4 is 5.32 Å². The van der Waals surface area contributed by atoms with E-state index in [-0.39, 0.29) is 41.9 Å². The van der Waals surface area contributed by atoms with Gasteiger partial charge in [-0.1, -0.05) is 48.3 Å². The molecule has 3 amide bonds. The number of hydrogen-bond donors (Lipinski definition) is 1. The van der Waals surface area contributed by atoms with Crippen LogP contribution in [0.4, 0.5) is 0 Å². The van der Waals surface area contributed by atoms with E-state index in [1.807, 2.05) is 13.8 Å². The van der Waals surface area contributed by atoms with E-state index in [0.29, 0.717) is 26.3 Å². The lowest BCUT2D eigenvalue weighted by Crippen LogP contribution is -2.51. The van der Waals surface area contributed by atoms with E-state index in [2.05, 4.69) is 5.32 Å². The van der Waals surface area contributed by atoms with Crippen LogP contribution in [0.1, 0.15) is 49.5 Å². The zero-order valence-corrected chi connectivity index (χ0v) is 22.0. The molecule has 1 heterocycles. The van der Waals surface area contributed by atoms with E-state index in [0.717, 1.165) is 0 Å². The highest BCUT2D eigenvalue weighted by atomic mass is 35.5. The Kier molecular flexibility index (Phi) is 8.46. The van der Waals surface area contributed by atoms with Crippen LogP contribution in [0.5, 0.6) is 0 Å². The topological polar surface area (TPSA) is 104 Å². The molecule has 0 bridgehead atoms. The van der Waals surface area contributed by atoms with Crippen LogP contribution in [0.25, 0.3) is 0 Å². The van der Waals surface area contributed by atoms with E-state index < -0.39 is 27.9 Å². The molecule has 35 heavy (non-hydrogen) atoms. The first-order chi connectivity index (χ1) is 16.5. The van der Waals surface area contributed by atoms with Gasteiger partial charge in [-0.25, -0.2) is 12.7 Å². The van der Waals surface area contributed by atoms with Gasteiger partial charge in [0, 0.05) is 41.2 Å². The van der Waals surface area contributed by atoms with Crippen LogP contribution >= 0.6 is 23.2 Å². The van der Waals surface area contributed by atoms with Gasteiger partial charge in [-0.3, -0.25) is 14.4 Å². The number of nitrogens with zero attached hydrogens (tertiary/aromatic N) is 2. The molecule has 0 radical (unpaired) electrons. The monoisotopic (exact) mass is 539 g/mol. The zero-order chi connectivity index (χ0) is 25.9. The van der Waals surface area contributed by atoms with Crippen molar-refractivity contribution < 1.29 is 22.8 Å². The summed E-state index contributed by atoms with van der Waals surface area (Å²) in [5.41, 5.74) is 0.541. The molecular formula is C24H27Cl2N3O5S. The summed E-state index contributed by atoms with van der Waals surface area (Å²) in [5, 5.41) is 3.48. The van der Waals surface area contributed by atoms with Gasteiger partial charge in [0.25, 0.3) is 15.9 Å². The third-order valence-corrected chi connectivity index (χ3v) is 8.20. The Balaban J connectivity index is 1.88. The molecule has 0 saturated heterocycles. The molecule has 1 aliphatic rings. The van der Waals surface area contributed by atoms with Gasteiger partial charge in [0.05, 0.1) is 5.56 Å². The molecule has 188 valence electrons. The highest BCUT2D eigenvalue weighted by molar-refractivity contribution is 7.90. The lowest BCUT2D eigenvalue weighted by Gasteiger charge is -2.32. The first-order valence-electron chi connectivity index (χ1n) is 11.2. The summed E-state index contributed by atoms with van der Waals surface area (Å²) in [4.78, 5) is 40.3. The van der Waals surface area contributed by atoms with Crippen LogP contribution in [-0.2, 0) is 26.2 Å². The summed E-state index contributed by atoms with van der Waals surface area (Å²) in [5.74, 6) is -1.54. The van der Waals surface area contributed by atoms with E-state index in [1.165, 1.54) is 23.1 Å². The second-order valence-corrected chi connectivity index (χ2v) is 11.1. The molecule has 2 aromatic rings. The number of nitrogens with one attached hydrogen (secondary N) is 1. The molecule has 0 aliphatic carbocycles. The number of amides is 3. The highest BCUT2D eigenvalue weighted by Crippen LogP contribution is 2.31. The first kappa shape index (κ1) is 27.0. The van der Waals surface area contributed by atoms with Gasteiger partial charge in [0.1, 0.15) is 10.9 Å². The van der Waals surface area contributed by atoms with Crippen molar-refractivity contribution in [2.24, 2.45) is 0 Å². The van der Waals surface area contributed by atoms with Crippen LogP contribution in [0, 0.1) is 0 Å². The molecule has 1 atom stereocenters. The Labute approximate surface area is 215 Å². The minimum atomic E-state index is -4.06.